The van der Waals surface area contributed by atoms with Gasteiger partial charge in [0.05, 0.1) is 7.11 Å². The van der Waals surface area contributed by atoms with E-state index in [4.69, 9.17) is 19.7 Å². The van der Waals surface area contributed by atoms with Gasteiger partial charge in [0.1, 0.15) is 0 Å². The van der Waals surface area contributed by atoms with Gasteiger partial charge in [0.2, 0.25) is 17.8 Å². The van der Waals surface area contributed by atoms with Crippen molar-refractivity contribution >= 4 is 23.5 Å². The van der Waals surface area contributed by atoms with E-state index >= 15 is 0 Å². The Morgan fingerprint density at radius 1 is 1.00 bits per heavy atom. The van der Waals surface area contributed by atoms with Gasteiger partial charge < -0.3 is 24.8 Å². The van der Waals surface area contributed by atoms with Crippen LogP contribution >= 0.6 is 0 Å². The summed E-state index contributed by atoms with van der Waals surface area (Å²) in [5.74, 6) is 1.51. The second kappa shape index (κ2) is 11.2. The fourth-order valence-corrected chi connectivity index (χ4v) is 4.93. The number of aromatic nitrogens is 3. The maximum Gasteiger partial charge on any atom is 0.236 e. The molecule has 0 spiro atoms. The second-order valence-electron chi connectivity index (χ2n) is 9.64. The van der Waals surface area contributed by atoms with E-state index in [9.17, 15) is 4.39 Å². The van der Waals surface area contributed by atoms with Crippen LogP contribution in [0.3, 0.4) is 0 Å². The van der Waals surface area contributed by atoms with Gasteiger partial charge in [-0.2, -0.15) is 15.0 Å². The summed E-state index contributed by atoms with van der Waals surface area (Å²) < 4.78 is 19.5. The van der Waals surface area contributed by atoms with Gasteiger partial charge in [-0.1, -0.05) is 25.7 Å². The van der Waals surface area contributed by atoms with Crippen molar-refractivity contribution in [3.05, 3.63) is 24.0 Å². The van der Waals surface area contributed by atoms with Gasteiger partial charge in [0.15, 0.2) is 11.6 Å². The van der Waals surface area contributed by atoms with Crippen LogP contribution in [0.1, 0.15) is 51.4 Å². The zero-order chi connectivity index (χ0) is 24.1. The Balaban J connectivity index is 1.64. The first-order valence-electron chi connectivity index (χ1n) is 12.5. The zero-order valence-electron chi connectivity index (χ0n) is 20.9. The van der Waals surface area contributed by atoms with E-state index in [0.29, 0.717) is 35.6 Å². The summed E-state index contributed by atoms with van der Waals surface area (Å²) in [6, 6.07) is 5.58. The normalized spacial score (nSPS) is 20.0. The van der Waals surface area contributed by atoms with E-state index in [1.54, 1.807) is 11.0 Å². The number of nitrogens with zero attached hydrogens (tertiary/aromatic N) is 6. The highest BCUT2D eigenvalue weighted by atomic mass is 19.1. The molecule has 2 aromatic rings. The highest BCUT2D eigenvalue weighted by Gasteiger charge is 2.25. The first kappa shape index (κ1) is 24.4. The molecule has 2 fully saturated rings. The van der Waals surface area contributed by atoms with Crippen molar-refractivity contribution in [3.63, 3.8) is 0 Å². The molecular weight excluding hydrogens is 433 g/mol. The van der Waals surface area contributed by atoms with E-state index < -0.39 is 5.82 Å². The number of hydrogen-bond donors (Lipinski definition) is 1. The first-order chi connectivity index (χ1) is 16.4. The van der Waals surface area contributed by atoms with Crippen LogP contribution in [0.5, 0.6) is 5.75 Å². The molecule has 1 aliphatic carbocycles. The molecule has 34 heavy (non-hydrogen) atoms. The maximum absolute atomic E-state index is 14.4. The van der Waals surface area contributed by atoms with Crippen LogP contribution in [0.2, 0.25) is 0 Å². The van der Waals surface area contributed by atoms with E-state index in [2.05, 4.69) is 29.2 Å². The Bertz CT molecular complexity index is 951. The molecule has 0 amide bonds. The number of likely N-dealkylation sites (tertiary alicyclic amines) is 1. The second-order valence-corrected chi connectivity index (χ2v) is 9.64. The number of anilines is 4. The van der Waals surface area contributed by atoms with Gasteiger partial charge >= 0.3 is 0 Å². The molecule has 9 heteroatoms. The molecule has 2 heterocycles. The highest BCUT2D eigenvalue weighted by molar-refractivity contribution is 5.60. The van der Waals surface area contributed by atoms with E-state index in [0.717, 1.165) is 38.8 Å². The predicted octanol–water partition coefficient (Wildman–Crippen LogP) is 4.45. The molecule has 8 nitrogen and oxygen atoms in total. The number of hydrogen-bond acceptors (Lipinski definition) is 8. The Morgan fingerprint density at radius 3 is 2.41 bits per heavy atom. The smallest absolute Gasteiger partial charge is 0.236 e. The van der Waals surface area contributed by atoms with Crippen molar-refractivity contribution in [1.29, 1.82) is 0 Å². The Labute approximate surface area is 202 Å². The van der Waals surface area contributed by atoms with Crippen molar-refractivity contribution in [2.45, 2.75) is 63.5 Å². The lowest BCUT2D eigenvalue weighted by Crippen LogP contribution is -2.45. The van der Waals surface area contributed by atoms with Crippen LogP contribution in [0, 0.1) is 5.82 Å². The minimum absolute atomic E-state index is 0.213. The number of halogens is 1. The summed E-state index contributed by atoms with van der Waals surface area (Å²) in [6.45, 7) is 2.09. The number of likely N-dealkylation sites (N-methyl/N-ethyl adjacent to an activating group) is 2. The molecule has 1 atom stereocenters. The summed E-state index contributed by atoms with van der Waals surface area (Å²) in [4.78, 5) is 20.7. The summed E-state index contributed by atoms with van der Waals surface area (Å²) >= 11 is 0. The van der Waals surface area contributed by atoms with Crippen LogP contribution in [0.4, 0.5) is 27.9 Å². The summed E-state index contributed by atoms with van der Waals surface area (Å²) in [7, 11) is 7.53. The fourth-order valence-electron chi connectivity index (χ4n) is 4.93. The van der Waals surface area contributed by atoms with E-state index in [-0.39, 0.29) is 5.75 Å². The van der Waals surface area contributed by atoms with E-state index in [1.165, 1.54) is 38.9 Å². The molecule has 1 saturated carbocycles. The predicted molar refractivity (Wildman–Crippen MR) is 135 cm³/mol. The van der Waals surface area contributed by atoms with Gasteiger partial charge in [-0.25, -0.2) is 4.39 Å². The van der Waals surface area contributed by atoms with E-state index in [1.807, 2.05) is 13.1 Å². The molecule has 0 bridgehead atoms. The van der Waals surface area contributed by atoms with Crippen LogP contribution in [-0.2, 0) is 0 Å². The molecule has 1 saturated heterocycles. The zero-order valence-corrected chi connectivity index (χ0v) is 20.9. The van der Waals surface area contributed by atoms with Crippen molar-refractivity contribution < 1.29 is 9.13 Å². The minimum atomic E-state index is -0.416. The summed E-state index contributed by atoms with van der Waals surface area (Å²) in [6.07, 6.45) is 9.53. The quantitative estimate of drug-likeness (QED) is 0.594. The van der Waals surface area contributed by atoms with Crippen molar-refractivity contribution in [1.82, 2.24) is 19.9 Å². The fraction of sp³-hybridized carbons (Fsp3) is 0.640. The molecule has 0 radical (unpaired) electrons. The Morgan fingerprint density at radius 2 is 1.74 bits per heavy atom. The standard InChI is InChI=1S/C25H38FN7O/c1-31-15-9-12-20(17-31)33(3)25-29-23(27-18-10-7-5-6-8-11-18)28-24(30-25)32(2)19-13-14-22(34-4)21(26)16-19/h13-14,16,18,20H,5-12,15,17H2,1-4H3,(H,27,28,29,30). The molecular formula is C25H38FN7O. The van der Waals surface area contributed by atoms with Gasteiger partial charge in [-0.05, 0) is 51.4 Å². The third-order valence-electron chi connectivity index (χ3n) is 7.09. The minimum Gasteiger partial charge on any atom is -0.494 e. The van der Waals surface area contributed by atoms with Gasteiger partial charge in [-0.3, -0.25) is 0 Å². The first-order valence-corrected chi connectivity index (χ1v) is 12.5. The third kappa shape index (κ3) is 5.87. The lowest BCUT2D eigenvalue weighted by molar-refractivity contribution is 0.247. The molecule has 1 unspecified atom stereocenters. The van der Waals surface area contributed by atoms with Crippen molar-refractivity contribution in [2.24, 2.45) is 0 Å². The third-order valence-corrected chi connectivity index (χ3v) is 7.09. The molecule has 1 aromatic carbocycles. The molecule has 2 aliphatic rings. The average molecular weight is 472 g/mol. The molecule has 4 rings (SSSR count). The van der Waals surface area contributed by atoms with Crippen LogP contribution in [0.25, 0.3) is 0 Å². The van der Waals surface area contributed by atoms with Gasteiger partial charge in [-0.15, -0.1) is 0 Å². The SMILES string of the molecule is COc1ccc(N(C)c2nc(NC3CCCCCC3)nc(N(C)C3CCCN(C)C3)n2)cc1F. The van der Waals surface area contributed by atoms with Crippen LogP contribution in [-0.4, -0.2) is 73.3 Å². The number of piperidine rings is 1. The van der Waals surface area contributed by atoms with Crippen molar-refractivity contribution in [3.8, 4) is 5.75 Å². The molecule has 1 aliphatic heterocycles. The maximum atomic E-state index is 14.4. The lowest BCUT2D eigenvalue weighted by Gasteiger charge is -2.36. The lowest BCUT2D eigenvalue weighted by atomic mass is 10.1. The monoisotopic (exact) mass is 471 g/mol. The largest absolute Gasteiger partial charge is 0.494 e. The topological polar surface area (TPSA) is 69.7 Å². The van der Waals surface area contributed by atoms with Crippen LogP contribution < -0.4 is 19.9 Å². The number of nitrogens with one attached hydrogen (secondary N) is 1. The highest BCUT2D eigenvalue weighted by Crippen LogP contribution is 2.29. The average Bonchev–Trinajstić information content (AvgIpc) is 3.11. The number of rotatable bonds is 7. The van der Waals surface area contributed by atoms with Crippen LogP contribution in [0.15, 0.2) is 18.2 Å². The molecule has 186 valence electrons. The van der Waals surface area contributed by atoms with Gasteiger partial charge in [0.25, 0.3) is 0 Å². The number of benzene rings is 1. The molecule has 1 N–H and O–H groups in total. The van der Waals surface area contributed by atoms with Crippen molar-refractivity contribution in [2.75, 3.05) is 56.5 Å². The number of ether oxygens (including phenoxy) is 1. The molecule has 1 aromatic heterocycles. The Kier molecular flexibility index (Phi) is 8.03. The van der Waals surface area contributed by atoms with Gasteiger partial charge in [0, 0.05) is 44.5 Å². The Hall–Kier alpha value is -2.68. The number of methoxy groups -OCH3 is 1. The summed E-state index contributed by atoms with van der Waals surface area (Å²) in [5, 5.41) is 3.58. The summed E-state index contributed by atoms with van der Waals surface area (Å²) in [5.41, 5.74) is 0.649.